The molecule has 0 fully saturated rings. The van der Waals surface area contributed by atoms with E-state index in [2.05, 4.69) is 15.3 Å². The molecule has 0 saturated heterocycles. The molecule has 1 amide bonds. The van der Waals surface area contributed by atoms with E-state index in [-0.39, 0.29) is 12.5 Å². The van der Waals surface area contributed by atoms with Gasteiger partial charge in [0, 0.05) is 36.3 Å². The molecular formula is C22H23N5O2. The molecule has 0 aliphatic heterocycles. The van der Waals surface area contributed by atoms with E-state index in [0.717, 1.165) is 5.69 Å². The van der Waals surface area contributed by atoms with E-state index in [1.807, 2.05) is 44.2 Å². The predicted octanol–water partition coefficient (Wildman–Crippen LogP) is 4.26. The lowest BCUT2D eigenvalue weighted by atomic mass is 10.2. The number of amides is 1. The van der Waals surface area contributed by atoms with Gasteiger partial charge in [0.15, 0.2) is 0 Å². The molecule has 0 unspecified atom stereocenters. The first-order valence-corrected chi connectivity index (χ1v) is 9.40. The van der Waals surface area contributed by atoms with Gasteiger partial charge in [0.05, 0.1) is 5.69 Å². The van der Waals surface area contributed by atoms with Crippen molar-refractivity contribution in [3.63, 3.8) is 0 Å². The molecule has 0 saturated carbocycles. The lowest BCUT2D eigenvalue weighted by Crippen LogP contribution is -2.11. The van der Waals surface area contributed by atoms with Crippen LogP contribution in [0, 0.1) is 0 Å². The van der Waals surface area contributed by atoms with Gasteiger partial charge >= 0.3 is 0 Å². The molecule has 7 heteroatoms. The van der Waals surface area contributed by atoms with Crippen molar-refractivity contribution in [2.75, 3.05) is 5.32 Å². The Kier molecular flexibility index (Phi) is 6.55. The number of rotatable bonds is 5. The van der Waals surface area contributed by atoms with Crippen molar-refractivity contribution < 1.29 is 9.53 Å². The van der Waals surface area contributed by atoms with E-state index < -0.39 is 0 Å². The van der Waals surface area contributed by atoms with E-state index in [9.17, 15) is 4.79 Å². The minimum Gasteiger partial charge on any atom is -0.440 e. The minimum absolute atomic E-state index is 0.211. The van der Waals surface area contributed by atoms with Crippen molar-refractivity contribution in [1.82, 2.24) is 14.4 Å². The summed E-state index contributed by atoms with van der Waals surface area (Å²) in [5.74, 6) is 1.35. The molecule has 0 atom stereocenters. The van der Waals surface area contributed by atoms with Gasteiger partial charge < -0.3 is 15.8 Å². The number of anilines is 1. The molecule has 4 rings (SSSR count). The highest BCUT2D eigenvalue weighted by Crippen LogP contribution is 2.24. The lowest BCUT2D eigenvalue weighted by Gasteiger charge is -2.11. The van der Waals surface area contributed by atoms with Crippen LogP contribution in [-0.4, -0.2) is 20.3 Å². The van der Waals surface area contributed by atoms with Crippen molar-refractivity contribution in [3.8, 4) is 11.6 Å². The highest BCUT2D eigenvalue weighted by Gasteiger charge is 2.11. The van der Waals surface area contributed by atoms with E-state index in [1.54, 1.807) is 47.1 Å². The maximum Gasteiger partial charge on any atom is 0.255 e. The highest BCUT2D eigenvalue weighted by molar-refractivity contribution is 6.04. The summed E-state index contributed by atoms with van der Waals surface area (Å²) in [6.07, 6.45) is 3.39. The SMILES string of the molecule is CC.NCc1cc(Oc2cccc(C(=O)Nc3ccccc3)c2)n2ccnc2n1. The summed E-state index contributed by atoms with van der Waals surface area (Å²) in [7, 11) is 0. The number of hydrogen-bond donors (Lipinski definition) is 2. The van der Waals surface area contributed by atoms with Crippen molar-refractivity contribution >= 4 is 17.4 Å². The highest BCUT2D eigenvalue weighted by atomic mass is 16.5. The summed E-state index contributed by atoms with van der Waals surface area (Å²) in [6.45, 7) is 4.28. The molecule has 0 radical (unpaired) electrons. The Morgan fingerprint density at radius 3 is 2.66 bits per heavy atom. The molecular weight excluding hydrogens is 366 g/mol. The van der Waals surface area contributed by atoms with Crippen LogP contribution in [0.5, 0.6) is 11.6 Å². The van der Waals surface area contributed by atoms with Crippen molar-refractivity contribution in [3.05, 3.63) is 84.3 Å². The third-order valence-electron chi connectivity index (χ3n) is 3.95. The maximum absolute atomic E-state index is 12.5. The summed E-state index contributed by atoms with van der Waals surface area (Å²) < 4.78 is 7.70. The van der Waals surface area contributed by atoms with Crippen LogP contribution >= 0.6 is 0 Å². The number of nitrogens with zero attached hydrogens (tertiary/aromatic N) is 3. The monoisotopic (exact) mass is 389 g/mol. The Hall–Kier alpha value is -3.71. The molecule has 3 N–H and O–H groups in total. The number of nitrogens with one attached hydrogen (secondary N) is 1. The summed E-state index contributed by atoms with van der Waals surface area (Å²) in [5, 5.41) is 2.86. The fourth-order valence-electron chi connectivity index (χ4n) is 2.65. The Labute approximate surface area is 169 Å². The number of fused-ring (bicyclic) bond motifs is 1. The maximum atomic E-state index is 12.5. The molecule has 0 bridgehead atoms. The number of nitrogens with two attached hydrogens (primary N) is 1. The Balaban J connectivity index is 0.00000117. The van der Waals surface area contributed by atoms with Gasteiger partial charge in [-0.2, -0.15) is 0 Å². The quantitative estimate of drug-likeness (QED) is 0.532. The first kappa shape index (κ1) is 20.0. The number of aromatic nitrogens is 3. The largest absolute Gasteiger partial charge is 0.440 e. The molecule has 0 aliphatic carbocycles. The van der Waals surface area contributed by atoms with Crippen molar-refractivity contribution in [1.29, 1.82) is 0 Å². The van der Waals surface area contributed by atoms with Crippen LogP contribution in [-0.2, 0) is 6.54 Å². The molecule has 2 heterocycles. The Morgan fingerprint density at radius 1 is 1.10 bits per heavy atom. The molecule has 29 heavy (non-hydrogen) atoms. The van der Waals surface area contributed by atoms with Crippen LogP contribution < -0.4 is 15.8 Å². The van der Waals surface area contributed by atoms with Gasteiger partial charge in [0.25, 0.3) is 5.91 Å². The third-order valence-corrected chi connectivity index (χ3v) is 3.95. The predicted molar refractivity (Wildman–Crippen MR) is 113 cm³/mol. The van der Waals surface area contributed by atoms with Gasteiger partial charge in [-0.3, -0.25) is 9.20 Å². The molecule has 2 aromatic carbocycles. The Morgan fingerprint density at radius 2 is 1.90 bits per heavy atom. The van der Waals surface area contributed by atoms with E-state index in [1.165, 1.54) is 0 Å². The zero-order valence-electron chi connectivity index (χ0n) is 16.4. The standard InChI is InChI=1S/C20H17N5O2.C2H6/c21-13-16-12-18(25-10-9-22-20(25)24-16)27-17-8-4-5-14(11-17)19(26)23-15-6-2-1-3-7-15;1-2/h1-12H,13,21H2,(H,23,26);1-2H3. The second kappa shape index (κ2) is 9.48. The summed E-state index contributed by atoms with van der Waals surface area (Å²) >= 11 is 0. The van der Waals surface area contributed by atoms with Gasteiger partial charge in [-0.25, -0.2) is 9.97 Å². The average Bonchev–Trinajstić information content (AvgIpc) is 3.25. The fraction of sp³-hybridized carbons (Fsp3) is 0.136. The van der Waals surface area contributed by atoms with Crippen LogP contribution in [0.1, 0.15) is 29.9 Å². The zero-order valence-corrected chi connectivity index (χ0v) is 16.4. The average molecular weight is 389 g/mol. The molecule has 0 aliphatic rings. The second-order valence-corrected chi connectivity index (χ2v) is 5.84. The Bertz CT molecular complexity index is 1090. The van der Waals surface area contributed by atoms with Crippen LogP contribution in [0.15, 0.2) is 73.1 Å². The van der Waals surface area contributed by atoms with Crippen LogP contribution in [0.25, 0.3) is 5.78 Å². The summed E-state index contributed by atoms with van der Waals surface area (Å²) in [5.41, 5.74) is 7.59. The van der Waals surface area contributed by atoms with Gasteiger partial charge in [-0.15, -0.1) is 0 Å². The van der Waals surface area contributed by atoms with E-state index in [0.29, 0.717) is 28.7 Å². The molecule has 7 nitrogen and oxygen atoms in total. The fourth-order valence-corrected chi connectivity index (χ4v) is 2.65. The number of benzene rings is 2. The lowest BCUT2D eigenvalue weighted by molar-refractivity contribution is 0.102. The van der Waals surface area contributed by atoms with E-state index >= 15 is 0 Å². The van der Waals surface area contributed by atoms with Gasteiger partial charge in [0.2, 0.25) is 11.7 Å². The molecule has 0 spiro atoms. The van der Waals surface area contributed by atoms with Gasteiger partial charge in [-0.1, -0.05) is 38.1 Å². The number of hydrogen-bond acceptors (Lipinski definition) is 5. The zero-order chi connectivity index (χ0) is 20.6. The van der Waals surface area contributed by atoms with Crippen LogP contribution in [0.2, 0.25) is 0 Å². The second-order valence-electron chi connectivity index (χ2n) is 5.84. The number of ether oxygens (including phenoxy) is 1. The normalized spacial score (nSPS) is 10.2. The van der Waals surface area contributed by atoms with Crippen LogP contribution in [0.3, 0.4) is 0 Å². The van der Waals surface area contributed by atoms with E-state index in [4.69, 9.17) is 10.5 Å². The first-order chi connectivity index (χ1) is 14.2. The minimum atomic E-state index is -0.211. The van der Waals surface area contributed by atoms with Gasteiger partial charge in [0.1, 0.15) is 5.75 Å². The topological polar surface area (TPSA) is 94.5 Å². The molecule has 4 aromatic rings. The van der Waals surface area contributed by atoms with Crippen molar-refractivity contribution in [2.45, 2.75) is 20.4 Å². The summed E-state index contributed by atoms with van der Waals surface area (Å²) in [4.78, 5) is 21.0. The number of imidazole rings is 1. The van der Waals surface area contributed by atoms with Gasteiger partial charge in [-0.05, 0) is 30.3 Å². The smallest absolute Gasteiger partial charge is 0.255 e. The molecule has 148 valence electrons. The number of para-hydroxylation sites is 1. The third kappa shape index (κ3) is 4.77. The molecule has 2 aromatic heterocycles. The number of carbonyl (C=O) groups is 1. The van der Waals surface area contributed by atoms with Crippen molar-refractivity contribution in [2.24, 2.45) is 5.73 Å². The number of carbonyl (C=O) groups excluding carboxylic acids is 1. The van der Waals surface area contributed by atoms with Crippen LogP contribution in [0.4, 0.5) is 5.69 Å². The first-order valence-electron chi connectivity index (χ1n) is 9.40. The summed E-state index contributed by atoms with van der Waals surface area (Å²) in [6, 6.07) is 18.0.